The van der Waals surface area contributed by atoms with E-state index < -0.39 is 23.2 Å². The van der Waals surface area contributed by atoms with Gasteiger partial charge in [0.2, 0.25) is 0 Å². The summed E-state index contributed by atoms with van der Waals surface area (Å²) < 4.78 is 31.5. The first-order valence-electron chi connectivity index (χ1n) is 15.7. The third kappa shape index (κ3) is 3.43. The molecule has 42 heavy (non-hydrogen) atoms. The Morgan fingerprint density at radius 3 is 2.50 bits per heavy atom. The topological polar surface area (TPSA) is 104 Å². The highest BCUT2D eigenvalue weighted by atomic mass is 16.6. The summed E-state index contributed by atoms with van der Waals surface area (Å²) in [6, 6.07) is 9.02. The summed E-state index contributed by atoms with van der Waals surface area (Å²) in [6.07, 6.45) is 1.38. The van der Waals surface area contributed by atoms with Gasteiger partial charge in [0.05, 0.1) is 30.5 Å². The zero-order valence-corrected chi connectivity index (χ0v) is 25.4. The highest BCUT2D eigenvalue weighted by Crippen LogP contribution is 2.79. The number of hydrogen-bond acceptors (Lipinski definition) is 9. The molecule has 0 unspecified atom stereocenters. The van der Waals surface area contributed by atoms with Gasteiger partial charge in [-0.3, -0.25) is 9.69 Å². The molecule has 6 fully saturated rings. The molecule has 1 aromatic rings. The lowest BCUT2D eigenvalue weighted by Crippen LogP contribution is -2.77. The molecule has 9 heteroatoms. The fourth-order valence-electron chi connectivity index (χ4n) is 12.0. The lowest BCUT2D eigenvalue weighted by atomic mass is 9.43. The van der Waals surface area contributed by atoms with E-state index in [1.54, 1.807) is 33.5 Å². The van der Waals surface area contributed by atoms with Crippen LogP contribution in [0.4, 0.5) is 0 Å². The Hall–Kier alpha value is -2.04. The maximum atomic E-state index is 13.6. The number of carbonyl (C=O) groups is 2. The van der Waals surface area contributed by atoms with Gasteiger partial charge in [0.15, 0.2) is 0 Å². The Kier molecular flexibility index (Phi) is 6.83. The molecule has 6 aliphatic rings. The minimum Gasteiger partial charge on any atom is -0.458 e. The van der Waals surface area contributed by atoms with Crippen molar-refractivity contribution in [2.75, 3.05) is 41.0 Å². The molecule has 1 aliphatic heterocycles. The van der Waals surface area contributed by atoms with E-state index in [2.05, 4.69) is 11.8 Å². The number of benzene rings is 1. The molecule has 0 aromatic heterocycles. The lowest BCUT2D eigenvalue weighted by Gasteiger charge is -2.69. The Labute approximate surface area is 248 Å². The second kappa shape index (κ2) is 9.99. The maximum Gasteiger partial charge on any atom is 0.338 e. The Morgan fingerprint density at radius 2 is 1.86 bits per heavy atom. The van der Waals surface area contributed by atoms with Crippen LogP contribution in [0.1, 0.15) is 49.9 Å². The summed E-state index contributed by atoms with van der Waals surface area (Å²) in [5, 5.41) is 12.7. The quantitative estimate of drug-likeness (QED) is 0.463. The van der Waals surface area contributed by atoms with E-state index in [9.17, 15) is 14.7 Å². The van der Waals surface area contributed by atoms with E-state index in [-0.39, 0.29) is 65.2 Å². The van der Waals surface area contributed by atoms with Crippen LogP contribution in [0.5, 0.6) is 0 Å². The first-order valence-corrected chi connectivity index (χ1v) is 15.7. The number of ether oxygens (including phenoxy) is 5. The van der Waals surface area contributed by atoms with Crippen LogP contribution >= 0.6 is 0 Å². The molecule has 7 rings (SSSR count). The third-order valence-electron chi connectivity index (χ3n) is 12.6. The number of carbonyl (C=O) groups excluding carboxylic acids is 2. The van der Waals surface area contributed by atoms with E-state index >= 15 is 0 Å². The van der Waals surface area contributed by atoms with Gasteiger partial charge in [-0.25, -0.2) is 4.79 Å². The molecule has 1 saturated heterocycles. The standard InChI is InChI=1S/C33H45NO8/c1-6-34-16-31(17-38-3)13-12-23(40-5)33-21-14-20-22(39-4)15-32(42-18(2)35,25(29(33)34)26(36)28(31)33)24(21)27(20)41-30(37)19-10-8-7-9-11-19/h7-11,20-29,36H,6,12-17H2,1-5H3/t20-,21-,22+,23+,24-,25+,26+,27+,28-,29-,31+,32-,33+/m1/s1. The van der Waals surface area contributed by atoms with Crippen LogP contribution in [0.2, 0.25) is 0 Å². The van der Waals surface area contributed by atoms with Crippen molar-refractivity contribution in [2.45, 2.75) is 75.6 Å². The smallest absolute Gasteiger partial charge is 0.338 e. The summed E-state index contributed by atoms with van der Waals surface area (Å²) >= 11 is 0. The Balaban J connectivity index is 1.45. The molecular weight excluding hydrogens is 538 g/mol. The van der Waals surface area contributed by atoms with Crippen molar-refractivity contribution < 1.29 is 38.4 Å². The average Bonchev–Trinajstić information content (AvgIpc) is 3.39. The number of aliphatic hydroxyl groups excluding tert-OH is 1. The van der Waals surface area contributed by atoms with Gasteiger partial charge in [-0.2, -0.15) is 0 Å². The average molecular weight is 584 g/mol. The number of aliphatic hydroxyl groups is 1. The highest BCUT2D eigenvalue weighted by Gasteiger charge is 2.87. The molecule has 1 N–H and O–H groups in total. The van der Waals surface area contributed by atoms with Crippen molar-refractivity contribution in [3.8, 4) is 0 Å². The number of rotatable bonds is 8. The molecule has 9 nitrogen and oxygen atoms in total. The molecule has 1 heterocycles. The van der Waals surface area contributed by atoms with Crippen LogP contribution < -0.4 is 0 Å². The Bertz CT molecular complexity index is 1230. The number of esters is 2. The molecule has 1 spiro atoms. The minimum absolute atomic E-state index is 0.00481. The molecule has 0 amide bonds. The minimum atomic E-state index is -1.05. The zero-order valence-electron chi connectivity index (χ0n) is 25.4. The maximum absolute atomic E-state index is 13.6. The number of hydrogen-bond donors (Lipinski definition) is 1. The van der Waals surface area contributed by atoms with Crippen LogP contribution in [0.15, 0.2) is 30.3 Å². The van der Waals surface area contributed by atoms with Gasteiger partial charge < -0.3 is 28.8 Å². The van der Waals surface area contributed by atoms with Crippen molar-refractivity contribution in [1.29, 1.82) is 0 Å². The van der Waals surface area contributed by atoms with Gasteiger partial charge in [0.1, 0.15) is 11.7 Å². The second-order valence-electron chi connectivity index (χ2n) is 13.9. The van der Waals surface area contributed by atoms with Crippen LogP contribution in [0, 0.1) is 40.4 Å². The fourth-order valence-corrected chi connectivity index (χ4v) is 12.0. The summed E-state index contributed by atoms with van der Waals surface area (Å²) in [5.74, 6) is -1.57. The van der Waals surface area contributed by atoms with E-state index in [4.69, 9.17) is 23.7 Å². The summed E-state index contributed by atoms with van der Waals surface area (Å²) in [5.41, 5.74) is -1.22. The van der Waals surface area contributed by atoms with Gasteiger partial charge in [0.25, 0.3) is 0 Å². The Morgan fingerprint density at radius 1 is 1.10 bits per heavy atom. The van der Waals surface area contributed by atoms with Crippen LogP contribution in [0.3, 0.4) is 0 Å². The molecule has 0 radical (unpaired) electrons. The highest BCUT2D eigenvalue weighted by molar-refractivity contribution is 5.89. The van der Waals surface area contributed by atoms with E-state index in [1.165, 1.54) is 6.92 Å². The summed E-state index contributed by atoms with van der Waals surface area (Å²) in [6.45, 7) is 5.82. The molecule has 7 bridgehead atoms. The summed E-state index contributed by atoms with van der Waals surface area (Å²) in [7, 11) is 5.24. The van der Waals surface area contributed by atoms with Gasteiger partial charge in [-0.15, -0.1) is 0 Å². The van der Waals surface area contributed by atoms with Crippen molar-refractivity contribution in [2.24, 2.45) is 40.4 Å². The van der Waals surface area contributed by atoms with Crippen molar-refractivity contribution in [3.05, 3.63) is 35.9 Å². The molecule has 5 aliphatic carbocycles. The second-order valence-corrected chi connectivity index (χ2v) is 13.9. The number of nitrogens with zero attached hydrogens (tertiary/aromatic N) is 1. The molecule has 13 atom stereocenters. The molecule has 5 saturated carbocycles. The lowest BCUT2D eigenvalue weighted by molar-refractivity contribution is -0.280. The first kappa shape index (κ1) is 28.7. The van der Waals surface area contributed by atoms with Crippen molar-refractivity contribution in [1.82, 2.24) is 4.90 Å². The normalized spacial score (nSPS) is 48.1. The zero-order chi connectivity index (χ0) is 29.6. The predicted molar refractivity (Wildman–Crippen MR) is 151 cm³/mol. The SMILES string of the molecule is CCN1C[C@]2(COC)CC[C@H](OC)[C@@]34[C@@H]5C[C@H]6[C@H](OC(=O)c7ccccc7)[C@@H]5[C@](OC(C)=O)(C[C@@H]6OC)[C@@H]([C@H](O)[C@H]23)[C@@H]14. The number of fused-ring (bicyclic) bond motifs is 2. The van der Waals surface area contributed by atoms with Crippen molar-refractivity contribution >= 4 is 11.9 Å². The predicted octanol–water partition coefficient (Wildman–Crippen LogP) is 2.94. The first-order chi connectivity index (χ1) is 20.2. The largest absolute Gasteiger partial charge is 0.458 e. The number of piperidine rings is 1. The van der Waals surface area contributed by atoms with Gasteiger partial charge in [-0.05, 0) is 43.9 Å². The van der Waals surface area contributed by atoms with E-state index in [0.717, 1.165) is 32.4 Å². The monoisotopic (exact) mass is 583 g/mol. The van der Waals surface area contributed by atoms with Crippen LogP contribution in [0.25, 0.3) is 0 Å². The molecular formula is C33H45NO8. The van der Waals surface area contributed by atoms with Gasteiger partial charge in [0, 0.05) is 81.8 Å². The fraction of sp³-hybridized carbons (Fsp3) is 0.758. The summed E-state index contributed by atoms with van der Waals surface area (Å²) in [4.78, 5) is 29.2. The third-order valence-corrected chi connectivity index (χ3v) is 12.6. The van der Waals surface area contributed by atoms with Crippen LogP contribution in [-0.4, -0.2) is 99.0 Å². The van der Waals surface area contributed by atoms with Crippen molar-refractivity contribution in [3.63, 3.8) is 0 Å². The molecule has 1 aromatic carbocycles. The van der Waals surface area contributed by atoms with E-state index in [1.807, 2.05) is 18.2 Å². The van der Waals surface area contributed by atoms with Gasteiger partial charge in [-0.1, -0.05) is 25.1 Å². The van der Waals surface area contributed by atoms with Crippen LogP contribution in [-0.2, 0) is 28.5 Å². The number of methoxy groups -OCH3 is 3. The van der Waals surface area contributed by atoms with Gasteiger partial charge >= 0.3 is 11.9 Å². The molecule has 230 valence electrons. The van der Waals surface area contributed by atoms with E-state index in [0.29, 0.717) is 18.6 Å². The number of likely N-dealkylation sites (tertiary alicyclic amines) is 1.